The lowest BCUT2D eigenvalue weighted by Crippen LogP contribution is -2.07. The number of nitrogens with zero attached hydrogens (tertiary/aromatic N) is 4. The largest absolute Gasteiger partial charge is 0.327 e. The Hall–Kier alpha value is -2.36. The van der Waals surface area contributed by atoms with Gasteiger partial charge in [-0.25, -0.2) is 9.97 Å². The Balaban J connectivity index is 1.63. The average molecular weight is 404 g/mol. The van der Waals surface area contributed by atoms with Crippen molar-refractivity contribution in [1.29, 1.82) is 0 Å². The molecule has 0 saturated carbocycles. The van der Waals surface area contributed by atoms with Gasteiger partial charge in [-0.3, -0.25) is 0 Å². The van der Waals surface area contributed by atoms with Crippen LogP contribution in [-0.4, -0.2) is 24.9 Å². The maximum absolute atomic E-state index is 5.38. The molecular weight excluding hydrogens is 394 g/mol. The molecule has 0 spiro atoms. The summed E-state index contributed by atoms with van der Waals surface area (Å²) in [4.78, 5) is 13.7. The molecule has 3 aromatic heterocycles. The molecule has 3 heterocycles. The second kappa shape index (κ2) is 6.63. The zero-order valence-corrected chi connectivity index (χ0v) is 14.5. The van der Waals surface area contributed by atoms with Crippen molar-refractivity contribution in [3.63, 3.8) is 0 Å². The number of pyridine rings is 1. The van der Waals surface area contributed by atoms with E-state index in [1.54, 1.807) is 12.4 Å². The summed E-state index contributed by atoms with van der Waals surface area (Å²) >= 11 is 4.55. The van der Waals surface area contributed by atoms with E-state index in [0.717, 1.165) is 32.4 Å². The van der Waals surface area contributed by atoms with E-state index >= 15 is 0 Å². The topological polar surface area (TPSA) is 77.9 Å². The molecule has 24 heavy (non-hydrogen) atoms. The highest BCUT2D eigenvalue weighted by molar-refractivity contribution is 9.10. The van der Waals surface area contributed by atoms with Gasteiger partial charge in [-0.2, -0.15) is 0 Å². The summed E-state index contributed by atoms with van der Waals surface area (Å²) < 4.78 is 7.57. The molecule has 1 aromatic carbocycles. The van der Waals surface area contributed by atoms with Gasteiger partial charge in [0.15, 0.2) is 11.5 Å². The van der Waals surface area contributed by atoms with E-state index in [1.165, 1.54) is 11.1 Å². The zero-order chi connectivity index (χ0) is 16.4. The number of benzene rings is 1. The van der Waals surface area contributed by atoms with Gasteiger partial charge < -0.3 is 4.98 Å². The van der Waals surface area contributed by atoms with Crippen LogP contribution in [0.2, 0.25) is 0 Å². The molecule has 9 heteroatoms. The highest BCUT2D eigenvalue weighted by Crippen LogP contribution is 2.29. The lowest BCUT2D eigenvalue weighted by molar-refractivity contribution is -0.188. The van der Waals surface area contributed by atoms with Crippen LogP contribution < -0.4 is 4.99 Å². The SMILES string of the molecule is Brc1cnc2c(c1)c(-c1nnc[nH]1)cn2OOSc1ccccc1. The Labute approximate surface area is 149 Å². The third-order valence-electron chi connectivity index (χ3n) is 3.23. The molecule has 0 bridgehead atoms. The van der Waals surface area contributed by atoms with Gasteiger partial charge >= 0.3 is 0 Å². The van der Waals surface area contributed by atoms with Gasteiger partial charge in [0.05, 0.1) is 23.8 Å². The average Bonchev–Trinajstić information content (AvgIpc) is 3.24. The number of aromatic amines is 1. The monoisotopic (exact) mass is 403 g/mol. The molecule has 0 unspecified atom stereocenters. The number of fused-ring (bicyclic) bond motifs is 1. The van der Waals surface area contributed by atoms with Gasteiger partial charge in [-0.05, 0) is 34.1 Å². The normalized spacial score (nSPS) is 11.0. The molecule has 4 rings (SSSR count). The molecular formula is C15H10BrN5O2S. The minimum Gasteiger partial charge on any atom is -0.327 e. The van der Waals surface area contributed by atoms with Crippen molar-refractivity contribution in [3.8, 4) is 11.4 Å². The summed E-state index contributed by atoms with van der Waals surface area (Å²) in [6.45, 7) is 0. The Kier molecular flexibility index (Phi) is 4.20. The van der Waals surface area contributed by atoms with Gasteiger partial charge in [0.2, 0.25) is 0 Å². The van der Waals surface area contributed by atoms with Gasteiger partial charge in [0.1, 0.15) is 6.33 Å². The fourth-order valence-electron chi connectivity index (χ4n) is 2.20. The second-order valence-electron chi connectivity index (χ2n) is 4.77. The van der Waals surface area contributed by atoms with E-state index in [2.05, 4.69) is 36.1 Å². The van der Waals surface area contributed by atoms with Crippen LogP contribution in [0.5, 0.6) is 0 Å². The quantitative estimate of drug-likeness (QED) is 0.311. The minimum atomic E-state index is 0.610. The Morgan fingerprint density at radius 2 is 2.08 bits per heavy atom. The maximum Gasteiger partial charge on any atom is 0.180 e. The van der Waals surface area contributed by atoms with E-state index in [9.17, 15) is 0 Å². The van der Waals surface area contributed by atoms with Crippen molar-refractivity contribution in [2.24, 2.45) is 0 Å². The van der Waals surface area contributed by atoms with Crippen LogP contribution >= 0.6 is 28.0 Å². The highest BCUT2D eigenvalue weighted by Gasteiger charge is 2.15. The van der Waals surface area contributed by atoms with Crippen LogP contribution in [0.15, 0.2) is 64.5 Å². The molecule has 1 N–H and O–H groups in total. The first kappa shape index (κ1) is 15.2. The first-order chi connectivity index (χ1) is 11.8. The van der Waals surface area contributed by atoms with E-state index < -0.39 is 0 Å². The van der Waals surface area contributed by atoms with Crippen LogP contribution in [0.1, 0.15) is 0 Å². The second-order valence-corrected chi connectivity index (χ2v) is 6.46. The fourth-order valence-corrected chi connectivity index (χ4v) is 2.97. The third kappa shape index (κ3) is 3.01. The first-order valence-electron chi connectivity index (χ1n) is 6.91. The van der Waals surface area contributed by atoms with Crippen LogP contribution in [0, 0.1) is 0 Å². The molecule has 0 atom stereocenters. The van der Waals surface area contributed by atoms with Crippen molar-refractivity contribution >= 4 is 39.0 Å². The van der Waals surface area contributed by atoms with Crippen LogP contribution in [0.3, 0.4) is 0 Å². The number of rotatable bonds is 5. The fraction of sp³-hybridized carbons (Fsp3) is 0. The lowest BCUT2D eigenvalue weighted by Gasteiger charge is -2.04. The van der Waals surface area contributed by atoms with Gasteiger partial charge in [-0.15, -0.1) is 14.9 Å². The number of hydrogen-bond donors (Lipinski definition) is 1. The van der Waals surface area contributed by atoms with E-state index in [-0.39, 0.29) is 0 Å². The molecule has 0 fully saturated rings. The summed E-state index contributed by atoms with van der Waals surface area (Å²) in [6, 6.07) is 11.6. The van der Waals surface area contributed by atoms with Gasteiger partial charge in [0.25, 0.3) is 0 Å². The molecule has 0 amide bonds. The molecule has 0 aliphatic rings. The first-order valence-corrected chi connectivity index (χ1v) is 8.44. The molecule has 0 saturated heterocycles. The van der Waals surface area contributed by atoms with E-state index in [1.807, 2.05) is 36.4 Å². The Bertz CT molecular complexity index is 959. The summed E-state index contributed by atoms with van der Waals surface area (Å²) in [5.41, 5.74) is 1.42. The van der Waals surface area contributed by atoms with Crippen LogP contribution in [0.4, 0.5) is 0 Å². The summed E-state index contributed by atoms with van der Waals surface area (Å²) in [7, 11) is 0. The molecule has 0 aliphatic heterocycles. The van der Waals surface area contributed by atoms with Crippen LogP contribution in [0.25, 0.3) is 22.4 Å². The summed E-state index contributed by atoms with van der Waals surface area (Å²) in [5.74, 6) is 0.623. The van der Waals surface area contributed by atoms with Gasteiger partial charge in [-0.1, -0.05) is 22.5 Å². The summed E-state index contributed by atoms with van der Waals surface area (Å²) in [6.07, 6.45) is 4.96. The molecule has 0 radical (unpaired) electrons. The predicted molar refractivity (Wildman–Crippen MR) is 92.8 cm³/mol. The lowest BCUT2D eigenvalue weighted by atomic mass is 10.2. The van der Waals surface area contributed by atoms with E-state index in [0.29, 0.717) is 11.5 Å². The predicted octanol–water partition coefficient (Wildman–Crippen LogP) is 3.65. The van der Waals surface area contributed by atoms with Crippen molar-refractivity contribution < 1.29 is 9.32 Å². The van der Waals surface area contributed by atoms with Gasteiger partial charge in [0, 0.05) is 21.0 Å². The number of nitrogens with one attached hydrogen (secondary N) is 1. The van der Waals surface area contributed by atoms with E-state index in [4.69, 9.17) is 9.32 Å². The van der Waals surface area contributed by atoms with Crippen LogP contribution in [-0.2, 0) is 4.33 Å². The highest BCUT2D eigenvalue weighted by atomic mass is 79.9. The number of hydrogen-bond acceptors (Lipinski definition) is 6. The maximum atomic E-state index is 5.38. The third-order valence-corrected chi connectivity index (χ3v) is 4.26. The molecule has 120 valence electrons. The number of aromatic nitrogens is 5. The molecule has 4 aromatic rings. The number of halogens is 1. The minimum absolute atomic E-state index is 0.610. The van der Waals surface area contributed by atoms with Crippen molar-refractivity contribution in [1.82, 2.24) is 24.9 Å². The molecule has 7 nitrogen and oxygen atoms in total. The standard InChI is InChI=1S/C15H10BrN5O2S/c16-10-6-12-13(14-18-9-19-20-14)8-21(15(12)17-7-10)22-23-24-11-4-2-1-3-5-11/h1-9H,(H,18,19,20). The van der Waals surface area contributed by atoms with Crippen molar-refractivity contribution in [2.45, 2.75) is 4.90 Å². The number of H-pyrrole nitrogens is 1. The summed E-state index contributed by atoms with van der Waals surface area (Å²) in [5, 5.41) is 8.72. The smallest absolute Gasteiger partial charge is 0.180 e. The zero-order valence-electron chi connectivity index (χ0n) is 12.1. The molecule has 0 aliphatic carbocycles. The Morgan fingerprint density at radius 3 is 2.88 bits per heavy atom. The Morgan fingerprint density at radius 1 is 1.21 bits per heavy atom. The van der Waals surface area contributed by atoms with Crippen molar-refractivity contribution in [2.75, 3.05) is 0 Å². The van der Waals surface area contributed by atoms with Crippen molar-refractivity contribution in [3.05, 3.63) is 59.6 Å².